The Kier molecular flexibility index (Phi) is 1.76. The van der Waals surface area contributed by atoms with Crippen LogP contribution >= 0.6 is 22.9 Å². The molecule has 0 aliphatic rings. The lowest BCUT2D eigenvalue weighted by molar-refractivity contribution is 1.07. The average molecular weight is 386 g/mol. The number of hydrogen-bond acceptors (Lipinski definition) is 4. The van der Waals surface area contributed by atoms with Gasteiger partial charge in [0.1, 0.15) is 0 Å². The molecule has 0 amide bonds. The smallest absolute Gasteiger partial charge is 0.208 e. The summed E-state index contributed by atoms with van der Waals surface area (Å²) >= 11 is 7.01. The van der Waals surface area contributed by atoms with Gasteiger partial charge in [-0.1, -0.05) is 60.4 Å². The number of benzene rings is 3. The van der Waals surface area contributed by atoms with Gasteiger partial charge in [0.2, 0.25) is 5.28 Å². The molecule has 0 saturated heterocycles. The molecule has 0 atom stereocenters. The van der Waals surface area contributed by atoms with Gasteiger partial charge in [-0.05, 0) is 23.7 Å². The Morgan fingerprint density at radius 2 is 1.46 bits per heavy atom. The van der Waals surface area contributed by atoms with Crippen molar-refractivity contribution in [2.45, 2.75) is 0 Å². The molecular formula is C21H12ClN3S. The summed E-state index contributed by atoms with van der Waals surface area (Å²) in [6.45, 7) is 0. The highest BCUT2D eigenvalue weighted by Crippen LogP contribution is 2.39. The van der Waals surface area contributed by atoms with Crippen molar-refractivity contribution in [3.05, 3.63) is 77.8 Å². The number of rotatable bonds is 2. The molecule has 26 heavy (non-hydrogen) atoms. The average Bonchev–Trinajstić information content (AvgIpc) is 3.27. The normalized spacial score (nSPS) is 17.7. The van der Waals surface area contributed by atoms with Gasteiger partial charge < -0.3 is 0 Å². The van der Waals surface area contributed by atoms with Crippen molar-refractivity contribution in [3.63, 3.8) is 0 Å². The lowest BCUT2D eigenvalue weighted by Gasteiger charge is -2.05. The van der Waals surface area contributed by atoms with Crippen LogP contribution in [-0.2, 0) is 0 Å². The van der Waals surface area contributed by atoms with E-state index in [0.717, 1.165) is 11.3 Å². The summed E-state index contributed by atoms with van der Waals surface area (Å²) in [5.74, 6) is -0.673. The molecule has 0 fully saturated rings. The Labute approximate surface area is 175 Å². The number of hydrogen-bond donors (Lipinski definition) is 0. The molecule has 5 rings (SSSR count). The predicted molar refractivity (Wildman–Crippen MR) is 109 cm³/mol. The van der Waals surface area contributed by atoms with Crippen molar-refractivity contribution in [1.29, 1.82) is 0 Å². The second-order valence-electron chi connectivity index (χ2n) is 5.01. The van der Waals surface area contributed by atoms with Crippen LogP contribution in [0.15, 0.2) is 72.5 Å². The van der Waals surface area contributed by atoms with Crippen LogP contribution < -0.4 is 0 Å². The van der Waals surface area contributed by atoms with Crippen molar-refractivity contribution in [1.82, 2.24) is 15.0 Å². The van der Waals surface area contributed by atoms with Gasteiger partial charge >= 0.3 is 0 Å². The van der Waals surface area contributed by atoms with Crippen LogP contribution in [0.1, 0.15) is 16.4 Å². The summed E-state index contributed by atoms with van der Waals surface area (Å²) < 4.78 is 98.5. The molecule has 5 heteroatoms. The van der Waals surface area contributed by atoms with Crippen LogP contribution in [-0.4, -0.2) is 15.0 Å². The highest BCUT2D eigenvalue weighted by Gasteiger charge is 2.14. The predicted octanol–water partition coefficient (Wildman–Crippen LogP) is 6.23. The van der Waals surface area contributed by atoms with Crippen LogP contribution in [0.5, 0.6) is 0 Å². The van der Waals surface area contributed by atoms with Gasteiger partial charge in [0, 0.05) is 31.3 Å². The Morgan fingerprint density at radius 1 is 0.731 bits per heavy atom. The molecule has 2 heterocycles. The largest absolute Gasteiger partial charge is 0.226 e. The Hall–Kier alpha value is -2.82. The number of nitrogens with zero attached hydrogens (tertiary/aromatic N) is 3. The molecule has 0 unspecified atom stereocenters. The SMILES string of the molecule is [2H]c1c([2H])c([2H])c(-c2nc(Cl)nc(-c3c([2H])c([2H])c([2H])c4c3sc3c([2H])c([2H])c([2H])c([2H])c34)n2)c([2H])c1[2H]. The van der Waals surface area contributed by atoms with Gasteiger partial charge in [0.05, 0.1) is 16.4 Å². The molecule has 2 aromatic heterocycles. The molecule has 3 nitrogen and oxygen atoms in total. The zero-order chi connectivity index (χ0) is 28.0. The van der Waals surface area contributed by atoms with E-state index in [9.17, 15) is 0 Å². The maximum Gasteiger partial charge on any atom is 0.226 e. The van der Waals surface area contributed by atoms with E-state index in [2.05, 4.69) is 15.0 Å². The summed E-state index contributed by atoms with van der Waals surface area (Å²) in [5.41, 5.74) is -0.472. The van der Waals surface area contributed by atoms with Gasteiger partial charge in [-0.2, -0.15) is 9.97 Å². The van der Waals surface area contributed by atoms with Gasteiger partial charge in [0.15, 0.2) is 11.6 Å². The third-order valence-electron chi connectivity index (χ3n) is 3.49. The van der Waals surface area contributed by atoms with E-state index >= 15 is 0 Å². The van der Waals surface area contributed by atoms with E-state index in [1.54, 1.807) is 0 Å². The first-order valence-electron chi connectivity index (χ1n) is 13.2. The maximum absolute atomic E-state index is 8.58. The maximum atomic E-state index is 8.58. The molecule has 0 N–H and O–H groups in total. The summed E-state index contributed by atoms with van der Waals surface area (Å²) in [7, 11) is 0. The van der Waals surface area contributed by atoms with Gasteiger partial charge in [-0.15, -0.1) is 11.3 Å². The summed E-state index contributed by atoms with van der Waals surface area (Å²) in [4.78, 5) is 12.2. The van der Waals surface area contributed by atoms with Crippen LogP contribution in [0.3, 0.4) is 0 Å². The molecule has 124 valence electrons. The minimum Gasteiger partial charge on any atom is -0.208 e. The first-order valence-corrected chi connectivity index (χ1v) is 8.38. The van der Waals surface area contributed by atoms with E-state index in [-0.39, 0.29) is 49.0 Å². The van der Waals surface area contributed by atoms with Gasteiger partial charge in [-0.25, -0.2) is 4.98 Å². The van der Waals surface area contributed by atoms with Crippen LogP contribution in [0, 0.1) is 0 Å². The minimum absolute atomic E-state index is 0.00823. The highest BCUT2D eigenvalue weighted by atomic mass is 35.5. The summed E-state index contributed by atoms with van der Waals surface area (Å²) in [5, 5.41) is -0.410. The van der Waals surface area contributed by atoms with E-state index in [0.29, 0.717) is 0 Å². The molecule has 0 aliphatic carbocycles. The van der Waals surface area contributed by atoms with Gasteiger partial charge in [-0.3, -0.25) is 0 Å². The van der Waals surface area contributed by atoms with Crippen molar-refractivity contribution >= 4 is 43.1 Å². The molecule has 5 aromatic rings. The second-order valence-corrected chi connectivity index (χ2v) is 6.37. The van der Waals surface area contributed by atoms with Crippen LogP contribution in [0.25, 0.3) is 42.9 Å². The second kappa shape index (κ2) is 6.16. The highest BCUT2D eigenvalue weighted by molar-refractivity contribution is 7.26. The third kappa shape index (κ3) is 2.55. The van der Waals surface area contributed by atoms with E-state index in [1.165, 1.54) is 0 Å². The summed E-state index contributed by atoms with van der Waals surface area (Å²) in [6, 6.07) is -6.25. The van der Waals surface area contributed by atoms with Crippen molar-refractivity contribution < 1.29 is 16.4 Å². The van der Waals surface area contributed by atoms with E-state index < -0.39 is 71.8 Å². The van der Waals surface area contributed by atoms with Crippen molar-refractivity contribution in [2.75, 3.05) is 0 Å². The molecule has 0 saturated carbocycles. The van der Waals surface area contributed by atoms with Crippen LogP contribution in [0.4, 0.5) is 0 Å². The fourth-order valence-electron chi connectivity index (χ4n) is 2.42. The summed E-state index contributed by atoms with van der Waals surface area (Å²) in [6.07, 6.45) is 0. The zero-order valence-electron chi connectivity index (χ0n) is 24.6. The fraction of sp³-hybridized carbons (Fsp3) is 0. The number of thiophene rings is 1. The standard InChI is InChI=1S/C21H12ClN3S/c22-21-24-19(13-7-2-1-3-8-13)23-20(25-21)16-11-6-10-15-14-9-4-5-12-17(14)26-18(15)16/h1-12H/i1D,2D,3D,4D,5D,6D,7D,8D,9D,10D,11D,12D. The first-order chi connectivity index (χ1) is 17.8. The van der Waals surface area contributed by atoms with Crippen molar-refractivity contribution in [2.24, 2.45) is 0 Å². The zero-order valence-corrected chi connectivity index (χ0v) is 14.2. The Balaban J connectivity index is 1.93. The Bertz CT molecular complexity index is 1840. The fourth-order valence-corrected chi connectivity index (χ4v) is 3.64. The topological polar surface area (TPSA) is 38.7 Å². The van der Waals surface area contributed by atoms with Crippen LogP contribution in [0.2, 0.25) is 5.28 Å². The number of halogens is 1. The molecule has 3 aromatic carbocycles. The van der Waals surface area contributed by atoms with E-state index in [4.69, 9.17) is 28.1 Å². The monoisotopic (exact) mass is 385 g/mol. The molecular weight excluding hydrogens is 362 g/mol. The Morgan fingerprint density at radius 3 is 2.35 bits per heavy atom. The molecule has 0 bridgehead atoms. The minimum atomic E-state index is -0.623. The van der Waals surface area contributed by atoms with Gasteiger partial charge in [0.25, 0.3) is 0 Å². The molecule has 0 aliphatic heterocycles. The number of fused-ring (bicyclic) bond motifs is 3. The third-order valence-corrected chi connectivity index (χ3v) is 4.78. The molecule has 0 spiro atoms. The number of aromatic nitrogens is 3. The molecule has 0 radical (unpaired) electrons. The quantitative estimate of drug-likeness (QED) is 0.361. The van der Waals surface area contributed by atoms with E-state index in [1.807, 2.05) is 0 Å². The lowest BCUT2D eigenvalue weighted by Crippen LogP contribution is -1.97. The van der Waals surface area contributed by atoms with Crippen molar-refractivity contribution in [3.8, 4) is 22.8 Å². The lowest BCUT2D eigenvalue weighted by atomic mass is 10.1. The first kappa shape index (κ1) is 7.43.